The predicted molar refractivity (Wildman–Crippen MR) is 99.3 cm³/mol. The van der Waals surface area contributed by atoms with E-state index in [1.54, 1.807) is 49.3 Å². The average Bonchev–Trinajstić information content (AvgIpc) is 2.57. The van der Waals surface area contributed by atoms with Crippen molar-refractivity contribution in [1.82, 2.24) is 0 Å². The lowest BCUT2D eigenvalue weighted by molar-refractivity contribution is -0.135. The third-order valence-corrected chi connectivity index (χ3v) is 4.05. The summed E-state index contributed by atoms with van der Waals surface area (Å²) in [5, 5.41) is 9.83. The molecule has 0 amide bonds. The number of carbonyl (C=O) groups excluding carboxylic acids is 1. The van der Waals surface area contributed by atoms with Crippen LogP contribution in [0.5, 0.6) is 5.75 Å². The van der Waals surface area contributed by atoms with E-state index >= 15 is 0 Å². The highest BCUT2D eigenvalue weighted by Gasteiger charge is 2.23. The fraction of sp³-hybridized carbons (Fsp3) is 0.235. The van der Waals surface area contributed by atoms with E-state index in [-0.39, 0.29) is 28.9 Å². The highest BCUT2D eigenvalue weighted by Crippen LogP contribution is 2.37. The topological polar surface area (TPSA) is 83.7 Å². The molecular weight excluding hydrogens is 399 g/mol. The lowest BCUT2D eigenvalue weighted by atomic mass is 10.1. The SMILES string of the molecule is CN(C)c1cc(Cl)c([N+]#N)cc1OC(=O)[C@@H](N)Cc1ccc(Cl)cc1.[Cl-]. The van der Waals surface area contributed by atoms with Crippen LogP contribution in [0.3, 0.4) is 0 Å². The van der Waals surface area contributed by atoms with Gasteiger partial charge in [-0.1, -0.05) is 35.3 Å². The van der Waals surface area contributed by atoms with Gasteiger partial charge in [-0.3, -0.25) is 0 Å². The van der Waals surface area contributed by atoms with Crippen molar-refractivity contribution in [1.29, 1.82) is 5.39 Å². The number of esters is 1. The molecule has 0 aliphatic carbocycles. The second kappa shape index (κ2) is 9.60. The van der Waals surface area contributed by atoms with Crippen molar-refractivity contribution in [3.63, 3.8) is 0 Å². The Labute approximate surface area is 167 Å². The average molecular weight is 416 g/mol. The highest BCUT2D eigenvalue weighted by molar-refractivity contribution is 6.33. The first-order valence-electron chi connectivity index (χ1n) is 7.39. The first-order chi connectivity index (χ1) is 11.8. The molecule has 6 nitrogen and oxygen atoms in total. The monoisotopic (exact) mass is 414 g/mol. The third kappa shape index (κ3) is 5.48. The Bertz CT molecular complexity index is 820. The lowest BCUT2D eigenvalue weighted by Crippen LogP contribution is -3.00. The summed E-state index contributed by atoms with van der Waals surface area (Å²) in [7, 11) is 3.54. The molecule has 0 unspecified atom stereocenters. The van der Waals surface area contributed by atoms with Crippen LogP contribution in [0.1, 0.15) is 5.56 Å². The van der Waals surface area contributed by atoms with E-state index in [2.05, 4.69) is 4.98 Å². The summed E-state index contributed by atoms with van der Waals surface area (Å²) >= 11 is 11.8. The number of rotatable bonds is 5. The van der Waals surface area contributed by atoms with E-state index < -0.39 is 12.0 Å². The van der Waals surface area contributed by atoms with Gasteiger partial charge in [0.05, 0.1) is 11.8 Å². The summed E-state index contributed by atoms with van der Waals surface area (Å²) < 4.78 is 5.40. The highest BCUT2D eigenvalue weighted by atomic mass is 35.5. The van der Waals surface area contributed by atoms with Crippen molar-refractivity contribution in [3.05, 3.63) is 57.0 Å². The number of diazo groups is 1. The molecule has 0 spiro atoms. The molecule has 0 fully saturated rings. The van der Waals surface area contributed by atoms with E-state index in [1.807, 2.05) is 0 Å². The Hall–Kier alpha value is -2.04. The van der Waals surface area contributed by atoms with Gasteiger partial charge in [0, 0.05) is 19.1 Å². The molecule has 9 heteroatoms. The molecule has 0 aliphatic rings. The van der Waals surface area contributed by atoms with Crippen LogP contribution in [0.4, 0.5) is 11.4 Å². The Balaban J connectivity index is 0.00000338. The molecule has 0 aliphatic heterocycles. The molecule has 2 rings (SSSR count). The van der Waals surface area contributed by atoms with Crippen LogP contribution in [0, 0.1) is 5.39 Å². The van der Waals surface area contributed by atoms with E-state index in [9.17, 15) is 4.79 Å². The molecule has 2 aromatic carbocycles. The fourth-order valence-corrected chi connectivity index (χ4v) is 2.50. The zero-order valence-electron chi connectivity index (χ0n) is 14.1. The van der Waals surface area contributed by atoms with E-state index in [0.717, 1.165) is 5.56 Å². The van der Waals surface area contributed by atoms with Gasteiger partial charge in [0.25, 0.3) is 0 Å². The van der Waals surface area contributed by atoms with Gasteiger partial charge in [-0.15, -0.1) is 0 Å². The van der Waals surface area contributed by atoms with Crippen LogP contribution in [-0.4, -0.2) is 26.1 Å². The Kier molecular flexibility index (Phi) is 8.12. The molecule has 2 N–H and O–H groups in total. The van der Waals surface area contributed by atoms with Gasteiger partial charge in [-0.25, -0.2) is 4.79 Å². The van der Waals surface area contributed by atoms with Crippen LogP contribution in [-0.2, 0) is 11.2 Å². The number of hydrogen-bond donors (Lipinski definition) is 1. The normalized spacial score (nSPS) is 11.1. The number of hydrogen-bond acceptors (Lipinski definition) is 5. The summed E-state index contributed by atoms with van der Waals surface area (Å²) in [6.45, 7) is 0. The number of benzene rings is 2. The van der Waals surface area contributed by atoms with Crippen molar-refractivity contribution < 1.29 is 21.9 Å². The van der Waals surface area contributed by atoms with Gasteiger partial charge in [-0.05, 0) is 30.2 Å². The molecule has 0 saturated carbocycles. The summed E-state index contributed by atoms with van der Waals surface area (Å²) in [6.07, 6.45) is 0.304. The number of nitrogens with two attached hydrogens (primary N) is 1. The second-order valence-corrected chi connectivity index (χ2v) is 6.47. The van der Waals surface area contributed by atoms with Gasteiger partial charge in [0.1, 0.15) is 11.1 Å². The van der Waals surface area contributed by atoms with Crippen molar-refractivity contribution in [2.24, 2.45) is 5.73 Å². The van der Waals surface area contributed by atoms with Gasteiger partial charge in [-0.2, -0.15) is 0 Å². The largest absolute Gasteiger partial charge is 1.00 e. The minimum atomic E-state index is -0.860. The molecule has 0 aromatic heterocycles. The first-order valence-corrected chi connectivity index (χ1v) is 8.15. The van der Waals surface area contributed by atoms with Crippen LogP contribution < -0.4 is 27.8 Å². The zero-order chi connectivity index (χ0) is 18.6. The lowest BCUT2D eigenvalue weighted by Gasteiger charge is -2.18. The van der Waals surface area contributed by atoms with E-state index in [1.165, 1.54) is 6.07 Å². The molecule has 138 valence electrons. The Morgan fingerprint density at radius 2 is 1.88 bits per heavy atom. The quantitative estimate of drug-likeness (QED) is 0.448. The van der Waals surface area contributed by atoms with Crippen LogP contribution in [0.25, 0.3) is 4.98 Å². The fourth-order valence-electron chi connectivity index (χ4n) is 2.18. The number of anilines is 1. The maximum atomic E-state index is 12.3. The minimum absolute atomic E-state index is 0. The first kappa shape index (κ1) is 22.0. The van der Waals surface area contributed by atoms with Crippen molar-refractivity contribution in [2.75, 3.05) is 19.0 Å². The van der Waals surface area contributed by atoms with Crippen LogP contribution in [0.2, 0.25) is 10.0 Å². The van der Waals surface area contributed by atoms with Crippen LogP contribution >= 0.6 is 23.2 Å². The van der Waals surface area contributed by atoms with Gasteiger partial charge in [0.2, 0.25) is 5.39 Å². The second-order valence-electron chi connectivity index (χ2n) is 5.62. The molecule has 2 aromatic rings. The molecule has 1 atom stereocenters. The van der Waals surface area contributed by atoms with Crippen LogP contribution in [0.15, 0.2) is 36.4 Å². The third-order valence-electron chi connectivity index (χ3n) is 3.50. The van der Waals surface area contributed by atoms with Crippen molar-refractivity contribution in [3.8, 4) is 5.75 Å². The number of ether oxygens (including phenoxy) is 1. The molecular formula is C17H17Cl3N4O2. The minimum Gasteiger partial charge on any atom is -1.00 e. The van der Waals surface area contributed by atoms with Gasteiger partial charge in [0.15, 0.2) is 10.7 Å². The smallest absolute Gasteiger partial charge is 0.407 e. The van der Waals surface area contributed by atoms with Crippen molar-refractivity contribution in [2.45, 2.75) is 12.5 Å². The maximum Gasteiger partial charge on any atom is 0.407 e. The summed E-state index contributed by atoms with van der Waals surface area (Å²) in [5.74, 6) is -0.400. The summed E-state index contributed by atoms with van der Waals surface area (Å²) in [5.41, 5.74) is 7.46. The summed E-state index contributed by atoms with van der Waals surface area (Å²) in [4.78, 5) is 17.1. The number of nitrogens with zero attached hydrogens (tertiary/aromatic N) is 3. The molecule has 0 bridgehead atoms. The maximum absolute atomic E-state index is 12.3. The zero-order valence-corrected chi connectivity index (χ0v) is 16.4. The van der Waals surface area contributed by atoms with Gasteiger partial charge >= 0.3 is 11.7 Å². The van der Waals surface area contributed by atoms with E-state index in [4.69, 9.17) is 39.1 Å². The van der Waals surface area contributed by atoms with Gasteiger partial charge < -0.3 is 27.8 Å². The standard InChI is InChI=1S/C17H17Cl2N4O2.ClH/c1-23(2)15-8-12(19)14(22-21)9-16(15)25-17(24)13(20)7-10-3-5-11(18)6-4-10;/h3-6,8-9,13H,7,20H2,1-2H3;1H/q+1;/p-1/t13-;/m0./s1. The Morgan fingerprint density at radius 3 is 2.42 bits per heavy atom. The molecule has 0 saturated heterocycles. The summed E-state index contributed by atoms with van der Waals surface area (Å²) in [6, 6.07) is 9.12. The number of carbonyl (C=O) groups is 1. The molecule has 26 heavy (non-hydrogen) atoms. The number of halogens is 3. The van der Waals surface area contributed by atoms with Crippen molar-refractivity contribution >= 4 is 40.5 Å². The predicted octanol–water partition coefficient (Wildman–Crippen LogP) is 1.02. The Morgan fingerprint density at radius 1 is 1.27 bits per heavy atom. The molecule has 0 heterocycles. The molecule has 0 radical (unpaired) electrons. The van der Waals surface area contributed by atoms with E-state index in [0.29, 0.717) is 17.1 Å².